The standard InChI is InChI=1S/C17H26N4O3S/c1-11(2)15-19-20-16(25-15)21-8-12(7-13(21)22)14(23)18-9-17(10-24-3)5-4-6-17/h11-12H,4-10H2,1-3H3,(H,18,23). The number of amides is 2. The molecule has 7 nitrogen and oxygen atoms in total. The summed E-state index contributed by atoms with van der Waals surface area (Å²) >= 11 is 1.43. The quantitative estimate of drug-likeness (QED) is 0.797. The van der Waals surface area contributed by atoms with Gasteiger partial charge in [-0.25, -0.2) is 0 Å². The summed E-state index contributed by atoms with van der Waals surface area (Å²) in [6.45, 7) is 5.77. The molecular formula is C17H26N4O3S. The number of carbonyl (C=O) groups is 2. The lowest BCUT2D eigenvalue weighted by molar-refractivity contribution is -0.127. The number of ether oxygens (including phenoxy) is 1. The first-order valence-electron chi connectivity index (χ1n) is 8.84. The molecule has 1 aromatic rings. The first-order valence-corrected chi connectivity index (χ1v) is 9.66. The Hall–Kier alpha value is -1.54. The minimum atomic E-state index is -0.321. The highest BCUT2D eigenvalue weighted by molar-refractivity contribution is 7.15. The van der Waals surface area contributed by atoms with Crippen LogP contribution in [0.4, 0.5) is 5.13 Å². The van der Waals surface area contributed by atoms with Gasteiger partial charge in [0.25, 0.3) is 0 Å². The Balaban J connectivity index is 1.57. The van der Waals surface area contributed by atoms with Crippen LogP contribution in [0.2, 0.25) is 0 Å². The summed E-state index contributed by atoms with van der Waals surface area (Å²) in [5, 5.41) is 12.8. The van der Waals surface area contributed by atoms with Crippen molar-refractivity contribution in [3.63, 3.8) is 0 Å². The van der Waals surface area contributed by atoms with Crippen LogP contribution in [0.5, 0.6) is 0 Å². The van der Waals surface area contributed by atoms with E-state index in [-0.39, 0.29) is 35.5 Å². The molecule has 3 rings (SSSR count). The van der Waals surface area contributed by atoms with Crippen molar-refractivity contribution in [3.8, 4) is 0 Å². The van der Waals surface area contributed by atoms with Crippen LogP contribution in [0.3, 0.4) is 0 Å². The van der Waals surface area contributed by atoms with Crippen molar-refractivity contribution >= 4 is 28.3 Å². The van der Waals surface area contributed by atoms with E-state index < -0.39 is 0 Å². The molecule has 1 aromatic heterocycles. The number of nitrogens with zero attached hydrogens (tertiary/aromatic N) is 3. The van der Waals surface area contributed by atoms with Crippen LogP contribution in [0.1, 0.15) is 50.5 Å². The third-order valence-corrected chi connectivity index (χ3v) is 6.40. The number of nitrogens with one attached hydrogen (secondary N) is 1. The summed E-state index contributed by atoms with van der Waals surface area (Å²) in [5.41, 5.74) is 0.0815. The average molecular weight is 366 g/mol. The fourth-order valence-electron chi connectivity index (χ4n) is 3.41. The van der Waals surface area contributed by atoms with E-state index in [9.17, 15) is 9.59 Å². The van der Waals surface area contributed by atoms with Crippen molar-refractivity contribution in [2.75, 3.05) is 31.7 Å². The van der Waals surface area contributed by atoms with Crippen molar-refractivity contribution in [3.05, 3.63) is 5.01 Å². The van der Waals surface area contributed by atoms with Crippen LogP contribution in [0.25, 0.3) is 0 Å². The highest BCUT2D eigenvalue weighted by Crippen LogP contribution is 2.40. The van der Waals surface area contributed by atoms with E-state index in [0.29, 0.717) is 24.8 Å². The van der Waals surface area contributed by atoms with Gasteiger partial charge < -0.3 is 10.1 Å². The molecule has 2 aliphatic rings. The van der Waals surface area contributed by atoms with E-state index in [0.717, 1.165) is 17.8 Å². The SMILES string of the molecule is COCC1(CNC(=O)C2CC(=O)N(c3nnc(C(C)C)s3)C2)CCC1. The summed E-state index contributed by atoms with van der Waals surface area (Å²) in [7, 11) is 1.70. The number of aromatic nitrogens is 2. The van der Waals surface area contributed by atoms with Crippen molar-refractivity contribution in [2.24, 2.45) is 11.3 Å². The minimum Gasteiger partial charge on any atom is -0.384 e. The van der Waals surface area contributed by atoms with E-state index in [1.807, 2.05) is 13.8 Å². The van der Waals surface area contributed by atoms with Gasteiger partial charge in [0.15, 0.2) is 0 Å². The molecule has 2 amide bonds. The minimum absolute atomic E-state index is 0.0492. The van der Waals surface area contributed by atoms with Gasteiger partial charge in [0.2, 0.25) is 16.9 Å². The summed E-state index contributed by atoms with van der Waals surface area (Å²) in [4.78, 5) is 26.4. The molecule has 138 valence electrons. The van der Waals surface area contributed by atoms with E-state index >= 15 is 0 Å². The van der Waals surface area contributed by atoms with Crippen LogP contribution in [0.15, 0.2) is 0 Å². The predicted molar refractivity (Wildman–Crippen MR) is 95.6 cm³/mol. The van der Waals surface area contributed by atoms with Crippen LogP contribution >= 0.6 is 11.3 Å². The Morgan fingerprint density at radius 3 is 2.76 bits per heavy atom. The van der Waals surface area contributed by atoms with E-state index in [1.54, 1.807) is 12.0 Å². The highest BCUT2D eigenvalue weighted by atomic mass is 32.1. The third kappa shape index (κ3) is 3.84. The molecule has 2 fully saturated rings. The van der Waals surface area contributed by atoms with Crippen LogP contribution < -0.4 is 10.2 Å². The molecule has 1 aliphatic heterocycles. The Bertz CT molecular complexity index is 642. The topological polar surface area (TPSA) is 84.4 Å². The van der Waals surface area contributed by atoms with E-state index in [1.165, 1.54) is 17.8 Å². The fraction of sp³-hybridized carbons (Fsp3) is 0.765. The van der Waals surface area contributed by atoms with Gasteiger partial charge in [0, 0.05) is 38.0 Å². The van der Waals surface area contributed by atoms with Gasteiger partial charge >= 0.3 is 0 Å². The van der Waals surface area contributed by atoms with Crippen molar-refractivity contribution in [1.29, 1.82) is 0 Å². The Morgan fingerprint density at radius 1 is 1.44 bits per heavy atom. The van der Waals surface area contributed by atoms with Gasteiger partial charge in [0.1, 0.15) is 5.01 Å². The van der Waals surface area contributed by atoms with Gasteiger partial charge in [-0.15, -0.1) is 10.2 Å². The van der Waals surface area contributed by atoms with Crippen molar-refractivity contribution in [2.45, 2.75) is 45.4 Å². The normalized spacial score (nSPS) is 22.3. The number of carbonyl (C=O) groups excluding carboxylic acids is 2. The fourth-order valence-corrected chi connectivity index (χ4v) is 4.28. The Kier molecular flexibility index (Phi) is 5.38. The summed E-state index contributed by atoms with van der Waals surface area (Å²) in [6.07, 6.45) is 3.59. The van der Waals surface area contributed by atoms with E-state index in [2.05, 4.69) is 15.5 Å². The summed E-state index contributed by atoms with van der Waals surface area (Å²) in [5.74, 6) is -0.144. The monoisotopic (exact) mass is 366 g/mol. The zero-order valence-electron chi connectivity index (χ0n) is 15.1. The average Bonchev–Trinajstić information content (AvgIpc) is 3.16. The maximum Gasteiger partial charge on any atom is 0.229 e. The maximum atomic E-state index is 12.5. The molecule has 1 saturated heterocycles. The molecule has 25 heavy (non-hydrogen) atoms. The summed E-state index contributed by atoms with van der Waals surface area (Å²) in [6, 6.07) is 0. The van der Waals surface area contributed by atoms with Crippen LogP contribution in [0, 0.1) is 11.3 Å². The highest BCUT2D eigenvalue weighted by Gasteiger charge is 2.40. The summed E-state index contributed by atoms with van der Waals surface area (Å²) < 4.78 is 5.29. The number of hydrogen-bond donors (Lipinski definition) is 1. The zero-order chi connectivity index (χ0) is 18.0. The maximum absolute atomic E-state index is 12.5. The molecule has 1 atom stereocenters. The molecular weight excluding hydrogens is 340 g/mol. The molecule has 1 N–H and O–H groups in total. The van der Waals surface area contributed by atoms with Crippen molar-refractivity contribution in [1.82, 2.24) is 15.5 Å². The van der Waals surface area contributed by atoms with Gasteiger partial charge in [-0.05, 0) is 12.8 Å². The zero-order valence-corrected chi connectivity index (χ0v) is 15.9. The third-order valence-electron chi connectivity index (χ3n) is 5.15. The molecule has 8 heteroatoms. The second-order valence-electron chi connectivity index (χ2n) is 7.49. The van der Waals surface area contributed by atoms with Crippen LogP contribution in [-0.4, -0.2) is 48.8 Å². The predicted octanol–water partition coefficient (Wildman–Crippen LogP) is 1.95. The largest absolute Gasteiger partial charge is 0.384 e. The molecule has 0 aromatic carbocycles. The molecule has 1 unspecified atom stereocenters. The molecule has 1 aliphatic carbocycles. The molecule has 2 heterocycles. The Morgan fingerprint density at radius 2 is 2.20 bits per heavy atom. The number of hydrogen-bond acceptors (Lipinski definition) is 6. The Labute approximate surface area is 152 Å². The van der Waals surface area contributed by atoms with E-state index in [4.69, 9.17) is 4.74 Å². The number of anilines is 1. The lowest BCUT2D eigenvalue weighted by atomic mass is 9.69. The molecule has 0 bridgehead atoms. The van der Waals surface area contributed by atoms with Crippen LogP contribution in [-0.2, 0) is 14.3 Å². The number of rotatable bonds is 7. The van der Waals surface area contributed by atoms with Gasteiger partial charge in [-0.2, -0.15) is 0 Å². The van der Waals surface area contributed by atoms with Crippen molar-refractivity contribution < 1.29 is 14.3 Å². The van der Waals surface area contributed by atoms with Gasteiger partial charge in [-0.3, -0.25) is 14.5 Å². The lowest BCUT2D eigenvalue weighted by Gasteiger charge is -2.41. The van der Waals surface area contributed by atoms with Gasteiger partial charge in [-0.1, -0.05) is 31.6 Å². The molecule has 0 spiro atoms. The first kappa shape index (κ1) is 18.3. The lowest BCUT2D eigenvalue weighted by Crippen LogP contribution is -2.46. The molecule has 1 saturated carbocycles. The first-order chi connectivity index (χ1) is 11.9. The smallest absolute Gasteiger partial charge is 0.229 e. The second kappa shape index (κ2) is 7.37. The molecule has 0 radical (unpaired) electrons. The van der Waals surface area contributed by atoms with Gasteiger partial charge in [0.05, 0.1) is 12.5 Å². The number of methoxy groups -OCH3 is 1. The second-order valence-corrected chi connectivity index (χ2v) is 8.47.